The van der Waals surface area contributed by atoms with Crippen LogP contribution >= 0.6 is 0 Å². The summed E-state index contributed by atoms with van der Waals surface area (Å²) in [5.41, 5.74) is 1.79. The Kier molecular flexibility index (Phi) is 5.35. The lowest BCUT2D eigenvalue weighted by atomic mass is 10.0. The van der Waals surface area contributed by atoms with E-state index in [0.717, 1.165) is 31.6 Å². The number of likely N-dealkylation sites (tertiary alicyclic amines) is 1. The van der Waals surface area contributed by atoms with Gasteiger partial charge in [-0.15, -0.1) is 0 Å². The Morgan fingerprint density at radius 1 is 1.43 bits per heavy atom. The van der Waals surface area contributed by atoms with Crippen molar-refractivity contribution in [3.63, 3.8) is 0 Å². The first-order valence-corrected chi connectivity index (χ1v) is 7.54. The van der Waals surface area contributed by atoms with Gasteiger partial charge < -0.3 is 4.90 Å². The second-order valence-corrected chi connectivity index (χ2v) is 6.07. The first-order valence-electron chi connectivity index (χ1n) is 7.54. The smallest absolute Gasteiger partial charge is 0.236 e. The lowest BCUT2D eigenvalue weighted by molar-refractivity contribution is -0.133. The van der Waals surface area contributed by atoms with Crippen molar-refractivity contribution >= 4 is 5.91 Å². The number of benzene rings is 1. The largest absolute Gasteiger partial charge is 0.341 e. The fourth-order valence-corrected chi connectivity index (χ4v) is 2.80. The quantitative estimate of drug-likeness (QED) is 0.852. The fraction of sp³-hybridized carbons (Fsp3) is 0.529. The third kappa shape index (κ3) is 4.57. The minimum Gasteiger partial charge on any atom is -0.341 e. The summed E-state index contributed by atoms with van der Waals surface area (Å²) in [6, 6.07) is 9.64. The second-order valence-electron chi connectivity index (χ2n) is 6.07. The van der Waals surface area contributed by atoms with Gasteiger partial charge >= 0.3 is 0 Å². The highest BCUT2D eigenvalue weighted by Gasteiger charge is 2.21. The van der Waals surface area contributed by atoms with Crippen LogP contribution in [0.1, 0.15) is 30.9 Å². The molecule has 1 aromatic carbocycles. The van der Waals surface area contributed by atoms with E-state index >= 15 is 0 Å². The van der Waals surface area contributed by atoms with Gasteiger partial charge in [0.25, 0.3) is 0 Å². The minimum absolute atomic E-state index is 0.220. The van der Waals surface area contributed by atoms with Gasteiger partial charge in [0.15, 0.2) is 0 Å². The van der Waals surface area contributed by atoms with Crippen molar-refractivity contribution in [3.8, 4) is 6.07 Å². The molecule has 1 aromatic rings. The van der Waals surface area contributed by atoms with E-state index in [9.17, 15) is 4.79 Å². The normalized spacial score (nSPS) is 18.6. The lowest BCUT2D eigenvalue weighted by Crippen LogP contribution is -2.43. The average Bonchev–Trinajstić information content (AvgIpc) is 2.48. The molecule has 1 heterocycles. The van der Waals surface area contributed by atoms with E-state index in [1.807, 2.05) is 41.1 Å². The molecule has 1 atom stereocenters. The van der Waals surface area contributed by atoms with E-state index in [4.69, 9.17) is 5.26 Å². The van der Waals surface area contributed by atoms with Crippen LogP contribution in [0.4, 0.5) is 0 Å². The number of hydrogen-bond donors (Lipinski definition) is 0. The zero-order valence-corrected chi connectivity index (χ0v) is 12.9. The highest BCUT2D eigenvalue weighted by Crippen LogP contribution is 2.15. The molecule has 0 spiro atoms. The number of hydrogen-bond acceptors (Lipinski definition) is 3. The van der Waals surface area contributed by atoms with Crippen LogP contribution in [0.25, 0.3) is 0 Å². The first-order chi connectivity index (χ1) is 10.1. The molecule has 21 heavy (non-hydrogen) atoms. The molecule has 4 heteroatoms. The molecule has 0 unspecified atom stereocenters. The van der Waals surface area contributed by atoms with Gasteiger partial charge in [0.05, 0.1) is 18.2 Å². The maximum absolute atomic E-state index is 12.3. The molecule has 4 nitrogen and oxygen atoms in total. The van der Waals surface area contributed by atoms with E-state index < -0.39 is 0 Å². The Bertz CT molecular complexity index is 518. The molecular formula is C17H23N3O. The van der Waals surface area contributed by atoms with Gasteiger partial charge in [-0.25, -0.2) is 0 Å². The predicted octanol–water partition coefficient (Wildman–Crippen LogP) is 2.25. The summed E-state index contributed by atoms with van der Waals surface area (Å²) < 4.78 is 0. The Morgan fingerprint density at radius 2 is 2.14 bits per heavy atom. The zero-order chi connectivity index (χ0) is 15.2. The summed E-state index contributed by atoms with van der Waals surface area (Å²) in [5, 5.41) is 8.78. The van der Waals surface area contributed by atoms with Crippen molar-refractivity contribution in [1.29, 1.82) is 5.26 Å². The Balaban J connectivity index is 1.84. The molecule has 0 saturated carbocycles. The molecule has 1 fully saturated rings. The van der Waals surface area contributed by atoms with E-state index in [0.29, 0.717) is 18.0 Å². The van der Waals surface area contributed by atoms with Crippen molar-refractivity contribution in [1.82, 2.24) is 9.80 Å². The van der Waals surface area contributed by atoms with Crippen LogP contribution in [0, 0.1) is 17.2 Å². The number of amides is 1. The van der Waals surface area contributed by atoms with Crippen LogP contribution in [0.2, 0.25) is 0 Å². The predicted molar refractivity (Wildman–Crippen MR) is 82.5 cm³/mol. The maximum atomic E-state index is 12.3. The fourth-order valence-electron chi connectivity index (χ4n) is 2.80. The van der Waals surface area contributed by atoms with Crippen molar-refractivity contribution in [3.05, 3.63) is 35.4 Å². The molecule has 1 aliphatic heterocycles. The molecule has 0 radical (unpaired) electrons. The average molecular weight is 285 g/mol. The van der Waals surface area contributed by atoms with Crippen LogP contribution in [-0.4, -0.2) is 42.4 Å². The van der Waals surface area contributed by atoms with Crippen LogP contribution in [0.5, 0.6) is 0 Å². The number of rotatable bonds is 4. The molecular weight excluding hydrogens is 262 g/mol. The molecule has 1 saturated heterocycles. The minimum atomic E-state index is 0.220. The Morgan fingerprint density at radius 3 is 2.76 bits per heavy atom. The molecule has 2 rings (SSSR count). The van der Waals surface area contributed by atoms with E-state index in [2.05, 4.69) is 13.0 Å². The third-order valence-electron chi connectivity index (χ3n) is 3.95. The summed E-state index contributed by atoms with van der Waals surface area (Å²) in [5.74, 6) is 0.837. The van der Waals surface area contributed by atoms with E-state index in [1.165, 1.54) is 6.42 Å². The topological polar surface area (TPSA) is 47.3 Å². The monoisotopic (exact) mass is 285 g/mol. The summed E-state index contributed by atoms with van der Waals surface area (Å²) in [7, 11) is 1.96. The van der Waals surface area contributed by atoms with Crippen LogP contribution in [0.15, 0.2) is 24.3 Å². The Hall–Kier alpha value is -1.86. The molecule has 1 aliphatic rings. The first kappa shape index (κ1) is 15.5. The van der Waals surface area contributed by atoms with Crippen molar-refractivity contribution in [2.45, 2.75) is 26.3 Å². The number of nitrogens with zero attached hydrogens (tertiary/aromatic N) is 3. The van der Waals surface area contributed by atoms with Crippen molar-refractivity contribution in [2.75, 3.05) is 26.7 Å². The summed E-state index contributed by atoms with van der Waals surface area (Å²) in [6.45, 7) is 5.17. The standard InChI is InChI=1S/C17H23N3O/c1-14-4-3-9-20(11-14)17(21)13-19(2)12-16-7-5-15(10-18)6-8-16/h5-8,14H,3-4,9,11-13H2,1-2H3/t14-/m1/s1. The van der Waals surface area contributed by atoms with Gasteiger partial charge in [0.2, 0.25) is 5.91 Å². The maximum Gasteiger partial charge on any atom is 0.236 e. The number of carbonyl (C=O) groups excluding carboxylic acids is 1. The zero-order valence-electron chi connectivity index (χ0n) is 12.9. The molecule has 112 valence electrons. The van der Waals surface area contributed by atoms with Crippen molar-refractivity contribution < 1.29 is 4.79 Å². The van der Waals surface area contributed by atoms with Gasteiger partial charge in [-0.1, -0.05) is 19.1 Å². The van der Waals surface area contributed by atoms with Crippen LogP contribution < -0.4 is 0 Å². The van der Waals surface area contributed by atoms with Gasteiger partial charge in [-0.3, -0.25) is 9.69 Å². The highest BCUT2D eigenvalue weighted by molar-refractivity contribution is 5.78. The van der Waals surface area contributed by atoms with E-state index in [1.54, 1.807) is 0 Å². The molecule has 0 N–H and O–H groups in total. The molecule has 0 aliphatic carbocycles. The molecule has 0 bridgehead atoms. The van der Waals surface area contributed by atoms with Gasteiger partial charge in [-0.05, 0) is 43.5 Å². The van der Waals surface area contributed by atoms with Crippen LogP contribution in [-0.2, 0) is 11.3 Å². The van der Waals surface area contributed by atoms with Crippen molar-refractivity contribution in [2.24, 2.45) is 5.92 Å². The second kappa shape index (κ2) is 7.24. The number of likely N-dealkylation sites (N-methyl/N-ethyl adjacent to an activating group) is 1. The number of nitriles is 1. The molecule has 0 aromatic heterocycles. The summed E-state index contributed by atoms with van der Waals surface area (Å²) >= 11 is 0. The highest BCUT2D eigenvalue weighted by atomic mass is 16.2. The summed E-state index contributed by atoms with van der Waals surface area (Å²) in [6.07, 6.45) is 2.34. The summed E-state index contributed by atoms with van der Waals surface area (Å²) in [4.78, 5) is 16.3. The molecule has 1 amide bonds. The van der Waals surface area contributed by atoms with Gasteiger partial charge in [0.1, 0.15) is 0 Å². The number of piperidine rings is 1. The van der Waals surface area contributed by atoms with Gasteiger partial charge in [-0.2, -0.15) is 5.26 Å². The third-order valence-corrected chi connectivity index (χ3v) is 3.95. The lowest BCUT2D eigenvalue weighted by Gasteiger charge is -2.32. The van der Waals surface area contributed by atoms with Gasteiger partial charge in [0, 0.05) is 19.6 Å². The van der Waals surface area contributed by atoms with E-state index in [-0.39, 0.29) is 5.91 Å². The van der Waals surface area contributed by atoms with Crippen LogP contribution in [0.3, 0.4) is 0 Å². The SMILES string of the molecule is C[C@@H]1CCCN(C(=O)CN(C)Cc2ccc(C#N)cc2)C1. The Labute approximate surface area is 127 Å². The number of carbonyl (C=O) groups is 1.